The monoisotopic (exact) mass is 231 g/mol. The third kappa shape index (κ3) is 2.38. The lowest BCUT2D eigenvalue weighted by molar-refractivity contribution is 0.0997. The predicted molar refractivity (Wildman–Crippen MR) is 68.0 cm³/mol. The molecule has 0 atom stereocenters. The van der Waals surface area contributed by atoms with Gasteiger partial charge in [-0.3, -0.25) is 4.79 Å². The summed E-state index contributed by atoms with van der Waals surface area (Å²) in [5, 5.41) is 2.87. The van der Waals surface area contributed by atoms with Crippen LogP contribution in [0.15, 0.2) is 42.5 Å². The number of likely N-dealkylation sites (N-methyl/N-ethyl adjacent to an activating group) is 1. The number of ketones is 1. The molecule has 0 fully saturated rings. The van der Waals surface area contributed by atoms with Gasteiger partial charge in [0.1, 0.15) is 0 Å². The van der Waals surface area contributed by atoms with Crippen LogP contribution in [0.4, 0.5) is 0 Å². The summed E-state index contributed by atoms with van der Waals surface area (Å²) < 4.78 is 0. The Balaban J connectivity index is 2.23. The van der Waals surface area contributed by atoms with E-state index < -0.39 is 0 Å². The van der Waals surface area contributed by atoms with E-state index in [9.17, 15) is 4.79 Å². The van der Waals surface area contributed by atoms with Gasteiger partial charge in [0.2, 0.25) is 0 Å². The van der Waals surface area contributed by atoms with E-state index in [-0.39, 0.29) is 5.78 Å². The normalized spacial score (nSPS) is 10.3. The minimum Gasteiger partial charge on any atom is -0.313 e. The van der Waals surface area contributed by atoms with E-state index in [1.807, 2.05) is 30.3 Å². The number of carbonyl (C=O) groups is 1. The maximum Gasteiger partial charge on any atom is 0.186 e. The molecule has 0 bridgehead atoms. The molecule has 0 spiro atoms. The van der Waals surface area contributed by atoms with E-state index in [4.69, 9.17) is 0 Å². The summed E-state index contributed by atoms with van der Waals surface area (Å²) in [6.07, 6.45) is 0. The molecule has 2 aromatic rings. The van der Waals surface area contributed by atoms with Crippen LogP contribution in [-0.4, -0.2) is 19.4 Å². The molecule has 16 heavy (non-hydrogen) atoms. The molecule has 2 rings (SSSR count). The highest BCUT2D eigenvalue weighted by Crippen LogP contribution is 2.27. The smallest absolute Gasteiger partial charge is 0.186 e. The lowest BCUT2D eigenvalue weighted by atomic mass is 10.2. The molecule has 0 radical (unpaired) electrons. The predicted octanol–water partition coefficient (Wildman–Crippen LogP) is 2.82. The molecule has 2 nitrogen and oxygen atoms in total. The molecule has 0 aliphatic heterocycles. The van der Waals surface area contributed by atoms with Gasteiger partial charge < -0.3 is 5.32 Å². The molecular formula is C13H13NOS. The Hall–Kier alpha value is -1.45. The van der Waals surface area contributed by atoms with Gasteiger partial charge in [-0.15, -0.1) is 11.3 Å². The van der Waals surface area contributed by atoms with Crippen molar-refractivity contribution in [2.45, 2.75) is 0 Å². The van der Waals surface area contributed by atoms with Crippen LogP contribution in [0.5, 0.6) is 0 Å². The summed E-state index contributed by atoms with van der Waals surface area (Å²) in [5.74, 6) is 0.148. The number of hydrogen-bond donors (Lipinski definition) is 1. The third-order valence-electron chi connectivity index (χ3n) is 2.28. The number of nitrogens with one attached hydrogen (secondary N) is 1. The fourth-order valence-electron chi connectivity index (χ4n) is 1.49. The van der Waals surface area contributed by atoms with Gasteiger partial charge in [0, 0.05) is 4.88 Å². The summed E-state index contributed by atoms with van der Waals surface area (Å²) in [5.41, 5.74) is 1.16. The minimum absolute atomic E-state index is 0.148. The summed E-state index contributed by atoms with van der Waals surface area (Å²) in [6.45, 7) is 0.398. The first-order chi connectivity index (χ1) is 7.81. The Kier molecular flexibility index (Phi) is 3.49. The van der Waals surface area contributed by atoms with Crippen LogP contribution in [0.25, 0.3) is 10.4 Å². The fraction of sp³-hybridized carbons (Fsp3) is 0.154. The zero-order valence-corrected chi connectivity index (χ0v) is 9.88. The Labute approximate surface area is 98.9 Å². The van der Waals surface area contributed by atoms with E-state index >= 15 is 0 Å². The average Bonchev–Trinajstić information content (AvgIpc) is 2.80. The summed E-state index contributed by atoms with van der Waals surface area (Å²) in [7, 11) is 1.78. The fourth-order valence-corrected chi connectivity index (χ4v) is 2.44. The SMILES string of the molecule is CNCC(=O)c1ccc(-c2ccccc2)s1. The van der Waals surface area contributed by atoms with Crippen molar-refractivity contribution in [3.63, 3.8) is 0 Å². The lowest BCUT2D eigenvalue weighted by Gasteiger charge is -1.96. The highest BCUT2D eigenvalue weighted by atomic mass is 32.1. The standard InChI is InChI=1S/C13H13NOS/c1-14-9-11(15)13-8-7-12(16-13)10-5-3-2-4-6-10/h2-8,14H,9H2,1H3. The van der Waals surface area contributed by atoms with Crippen LogP contribution < -0.4 is 5.32 Å². The highest BCUT2D eigenvalue weighted by molar-refractivity contribution is 7.17. The average molecular weight is 231 g/mol. The van der Waals surface area contributed by atoms with Crippen molar-refractivity contribution in [2.24, 2.45) is 0 Å². The number of carbonyl (C=O) groups excluding carboxylic acids is 1. The molecule has 1 aromatic carbocycles. The molecule has 0 aliphatic carbocycles. The maximum absolute atomic E-state index is 11.6. The summed E-state index contributed by atoms with van der Waals surface area (Å²) in [4.78, 5) is 13.6. The van der Waals surface area contributed by atoms with Crippen molar-refractivity contribution in [1.29, 1.82) is 0 Å². The molecule has 3 heteroatoms. The topological polar surface area (TPSA) is 29.1 Å². The quantitative estimate of drug-likeness (QED) is 0.820. The molecule has 1 N–H and O–H groups in total. The first-order valence-corrected chi connectivity index (χ1v) is 5.96. The number of Topliss-reactive ketones (excluding diaryl/α,β-unsaturated/α-hetero) is 1. The van der Waals surface area contributed by atoms with Gasteiger partial charge in [0.05, 0.1) is 11.4 Å². The van der Waals surface area contributed by atoms with Crippen molar-refractivity contribution in [1.82, 2.24) is 5.32 Å². The largest absolute Gasteiger partial charge is 0.313 e. The number of benzene rings is 1. The number of thiophene rings is 1. The van der Waals surface area contributed by atoms with Crippen molar-refractivity contribution >= 4 is 17.1 Å². The van der Waals surface area contributed by atoms with E-state index in [1.54, 1.807) is 18.4 Å². The molecular weight excluding hydrogens is 218 g/mol. The van der Waals surface area contributed by atoms with Gasteiger partial charge in [0.25, 0.3) is 0 Å². The second-order valence-electron chi connectivity index (χ2n) is 3.48. The summed E-state index contributed by atoms with van der Waals surface area (Å²) >= 11 is 1.54. The van der Waals surface area contributed by atoms with Gasteiger partial charge in [-0.1, -0.05) is 30.3 Å². The van der Waals surface area contributed by atoms with Crippen molar-refractivity contribution in [2.75, 3.05) is 13.6 Å². The van der Waals surface area contributed by atoms with Crippen LogP contribution in [-0.2, 0) is 0 Å². The van der Waals surface area contributed by atoms with Crippen LogP contribution >= 0.6 is 11.3 Å². The van der Waals surface area contributed by atoms with Gasteiger partial charge in [-0.05, 0) is 24.7 Å². The van der Waals surface area contributed by atoms with Crippen LogP contribution in [0.3, 0.4) is 0 Å². The Morgan fingerprint density at radius 3 is 2.62 bits per heavy atom. The molecule has 0 saturated carbocycles. The van der Waals surface area contributed by atoms with E-state index in [0.717, 1.165) is 15.3 Å². The minimum atomic E-state index is 0.148. The molecule has 1 aromatic heterocycles. The van der Waals surface area contributed by atoms with Gasteiger partial charge in [0.15, 0.2) is 5.78 Å². The first kappa shape index (κ1) is 11.0. The Morgan fingerprint density at radius 2 is 1.94 bits per heavy atom. The molecule has 0 aliphatic rings. The van der Waals surface area contributed by atoms with Crippen LogP contribution in [0, 0.1) is 0 Å². The highest BCUT2D eigenvalue weighted by Gasteiger charge is 2.08. The van der Waals surface area contributed by atoms with Gasteiger partial charge in [-0.2, -0.15) is 0 Å². The van der Waals surface area contributed by atoms with Gasteiger partial charge in [-0.25, -0.2) is 0 Å². The lowest BCUT2D eigenvalue weighted by Crippen LogP contribution is -2.17. The van der Waals surface area contributed by atoms with Crippen molar-refractivity contribution in [3.05, 3.63) is 47.3 Å². The molecule has 0 unspecified atom stereocenters. The summed E-state index contributed by atoms with van der Waals surface area (Å²) in [6, 6.07) is 14.0. The maximum atomic E-state index is 11.6. The third-order valence-corrected chi connectivity index (χ3v) is 3.45. The molecule has 0 saturated heterocycles. The number of rotatable bonds is 4. The van der Waals surface area contributed by atoms with Crippen molar-refractivity contribution in [3.8, 4) is 10.4 Å². The number of hydrogen-bond acceptors (Lipinski definition) is 3. The van der Waals surface area contributed by atoms with Crippen LogP contribution in [0.2, 0.25) is 0 Å². The van der Waals surface area contributed by atoms with E-state index in [0.29, 0.717) is 6.54 Å². The van der Waals surface area contributed by atoms with Crippen molar-refractivity contribution < 1.29 is 4.79 Å². The zero-order chi connectivity index (χ0) is 11.4. The second-order valence-corrected chi connectivity index (χ2v) is 4.57. The first-order valence-electron chi connectivity index (χ1n) is 5.14. The van der Waals surface area contributed by atoms with E-state index in [1.165, 1.54) is 0 Å². The second kappa shape index (κ2) is 5.05. The zero-order valence-electron chi connectivity index (χ0n) is 9.07. The van der Waals surface area contributed by atoms with Gasteiger partial charge >= 0.3 is 0 Å². The molecule has 0 amide bonds. The Morgan fingerprint density at radius 1 is 1.19 bits per heavy atom. The Bertz CT molecular complexity index is 476. The molecule has 1 heterocycles. The van der Waals surface area contributed by atoms with Crippen LogP contribution in [0.1, 0.15) is 9.67 Å². The van der Waals surface area contributed by atoms with E-state index in [2.05, 4.69) is 17.4 Å². The molecule has 82 valence electrons.